The molecule has 0 aromatic heterocycles. The predicted molar refractivity (Wildman–Crippen MR) is 155 cm³/mol. The van der Waals surface area contributed by atoms with Crippen molar-refractivity contribution in [3.05, 3.63) is 124 Å². The number of carbonyl (C=O) groups is 1. The lowest BCUT2D eigenvalue weighted by molar-refractivity contribution is -0.137. The molecule has 7 nitrogen and oxygen atoms in total. The normalized spacial score (nSPS) is 11.8. The molecule has 4 aromatic rings. The Morgan fingerprint density at radius 3 is 2.33 bits per heavy atom. The van der Waals surface area contributed by atoms with Crippen molar-refractivity contribution >= 4 is 39.4 Å². The molecule has 0 aliphatic heterocycles. The molecule has 0 atom stereocenters. The van der Waals surface area contributed by atoms with E-state index in [2.05, 4.69) is 10.5 Å². The Kier molecular flexibility index (Phi) is 9.54. The summed E-state index contributed by atoms with van der Waals surface area (Å²) in [7, 11) is -4.47. The van der Waals surface area contributed by atoms with E-state index in [1.165, 1.54) is 30.5 Å². The van der Waals surface area contributed by atoms with Crippen molar-refractivity contribution in [1.82, 2.24) is 5.43 Å². The first kappa shape index (κ1) is 30.6. The highest BCUT2D eigenvalue weighted by Crippen LogP contribution is 2.38. The van der Waals surface area contributed by atoms with Crippen LogP contribution in [0, 0.1) is 6.92 Å². The lowest BCUT2D eigenvalue weighted by Gasteiger charge is -2.25. The minimum absolute atomic E-state index is 0.211. The fraction of sp³-hybridized carbons (Fsp3) is 0.133. The van der Waals surface area contributed by atoms with Crippen LogP contribution in [-0.2, 0) is 27.6 Å². The second kappa shape index (κ2) is 13.1. The molecular weight excluding hydrogens is 591 g/mol. The quantitative estimate of drug-likeness (QED) is 0.161. The molecule has 1 amide bonds. The number of amides is 1. The number of halogens is 4. The molecule has 0 spiro atoms. The maximum Gasteiger partial charge on any atom is 0.417 e. The fourth-order valence-electron chi connectivity index (χ4n) is 3.83. The van der Waals surface area contributed by atoms with Gasteiger partial charge in [0.25, 0.3) is 15.9 Å². The van der Waals surface area contributed by atoms with Gasteiger partial charge < -0.3 is 4.74 Å². The van der Waals surface area contributed by atoms with E-state index in [-0.39, 0.29) is 4.90 Å². The number of anilines is 1. The highest BCUT2D eigenvalue weighted by atomic mass is 35.5. The molecule has 0 aliphatic rings. The molecule has 42 heavy (non-hydrogen) atoms. The summed E-state index contributed by atoms with van der Waals surface area (Å²) in [5, 5.41) is 3.30. The van der Waals surface area contributed by atoms with Gasteiger partial charge in [-0.3, -0.25) is 9.10 Å². The molecule has 0 saturated heterocycles. The first-order chi connectivity index (χ1) is 19.9. The Balaban J connectivity index is 1.56. The Hall–Kier alpha value is -4.35. The molecule has 12 heteroatoms. The zero-order chi connectivity index (χ0) is 30.3. The largest absolute Gasteiger partial charge is 0.488 e. The van der Waals surface area contributed by atoms with Crippen molar-refractivity contribution in [2.75, 3.05) is 10.8 Å². The number of nitrogens with zero attached hydrogens (tertiary/aromatic N) is 2. The number of alkyl halides is 3. The van der Waals surface area contributed by atoms with Crippen LogP contribution in [-0.4, -0.2) is 27.1 Å². The van der Waals surface area contributed by atoms with E-state index in [1.807, 2.05) is 30.3 Å². The van der Waals surface area contributed by atoms with E-state index in [0.29, 0.717) is 28.3 Å². The Morgan fingerprint density at radius 2 is 1.64 bits per heavy atom. The first-order valence-electron chi connectivity index (χ1n) is 12.5. The van der Waals surface area contributed by atoms with Gasteiger partial charge in [0.05, 0.1) is 27.4 Å². The zero-order valence-electron chi connectivity index (χ0n) is 22.2. The molecule has 0 unspecified atom stereocenters. The average molecular weight is 616 g/mol. The van der Waals surface area contributed by atoms with Crippen LogP contribution in [0.5, 0.6) is 5.75 Å². The van der Waals surface area contributed by atoms with E-state index >= 15 is 0 Å². The third-order valence-corrected chi connectivity index (χ3v) is 8.11. The van der Waals surface area contributed by atoms with Gasteiger partial charge in [-0.2, -0.15) is 18.3 Å². The van der Waals surface area contributed by atoms with Crippen LogP contribution in [0.4, 0.5) is 18.9 Å². The summed E-state index contributed by atoms with van der Waals surface area (Å²) in [6.07, 6.45) is -3.53. The summed E-state index contributed by atoms with van der Waals surface area (Å²) in [5.74, 6) is -0.406. The number of para-hydroxylation sites is 1. The summed E-state index contributed by atoms with van der Waals surface area (Å²) in [5.41, 5.74) is 2.86. The Labute approximate surface area is 246 Å². The van der Waals surface area contributed by atoms with Gasteiger partial charge in [0.2, 0.25) is 0 Å². The van der Waals surface area contributed by atoms with Crippen LogP contribution in [0.3, 0.4) is 0 Å². The molecule has 0 radical (unpaired) electrons. The molecule has 218 valence electrons. The van der Waals surface area contributed by atoms with Crippen molar-refractivity contribution in [2.45, 2.75) is 24.6 Å². The number of sulfonamides is 1. The number of rotatable bonds is 10. The second-order valence-corrected chi connectivity index (χ2v) is 11.4. The standard InChI is InChI=1S/C30H25ClF3N3O4S/c1-21-11-14-25(15-12-21)42(39,40)37(24-13-16-27(31)26(17-24)30(32,33)34)19-29(38)36-35-18-23-9-5-6-10-28(23)41-20-22-7-3-2-4-8-22/h2-18H,19-20H2,1H3,(H,36,38)/b35-18-. The van der Waals surface area contributed by atoms with Crippen molar-refractivity contribution in [2.24, 2.45) is 5.10 Å². The number of nitrogens with one attached hydrogen (secondary N) is 1. The van der Waals surface area contributed by atoms with Crippen molar-refractivity contribution in [1.29, 1.82) is 0 Å². The number of hydrogen-bond acceptors (Lipinski definition) is 5. The highest BCUT2D eigenvalue weighted by molar-refractivity contribution is 7.92. The van der Waals surface area contributed by atoms with Crippen LogP contribution >= 0.6 is 11.6 Å². The van der Waals surface area contributed by atoms with Gasteiger partial charge in [-0.15, -0.1) is 0 Å². The monoisotopic (exact) mass is 615 g/mol. The van der Waals surface area contributed by atoms with Crippen molar-refractivity contribution in [3.8, 4) is 5.75 Å². The Morgan fingerprint density at radius 1 is 0.976 bits per heavy atom. The molecule has 4 aromatic carbocycles. The zero-order valence-corrected chi connectivity index (χ0v) is 23.7. The maximum atomic E-state index is 13.6. The summed E-state index contributed by atoms with van der Waals surface area (Å²) < 4.78 is 74.2. The van der Waals surface area contributed by atoms with E-state index in [1.54, 1.807) is 31.2 Å². The number of aryl methyl sites for hydroxylation is 1. The molecule has 0 fully saturated rings. The summed E-state index contributed by atoms with van der Waals surface area (Å²) in [6, 6.07) is 24.7. The highest BCUT2D eigenvalue weighted by Gasteiger charge is 2.35. The van der Waals surface area contributed by atoms with E-state index in [0.717, 1.165) is 23.3 Å². The number of benzene rings is 4. The minimum atomic E-state index is -4.85. The van der Waals surface area contributed by atoms with E-state index < -0.39 is 44.9 Å². The molecule has 0 heterocycles. The van der Waals surface area contributed by atoms with Gasteiger partial charge in [0.1, 0.15) is 18.9 Å². The van der Waals surface area contributed by atoms with E-state index in [9.17, 15) is 26.4 Å². The van der Waals surface area contributed by atoms with Gasteiger partial charge in [0.15, 0.2) is 0 Å². The third kappa shape index (κ3) is 7.68. The van der Waals surface area contributed by atoms with E-state index in [4.69, 9.17) is 16.3 Å². The van der Waals surface area contributed by atoms with Gasteiger partial charge in [0, 0.05) is 5.56 Å². The molecule has 0 bridgehead atoms. The van der Waals surface area contributed by atoms with Gasteiger partial charge in [-0.1, -0.05) is 71.8 Å². The van der Waals surface area contributed by atoms with Crippen LogP contribution < -0.4 is 14.5 Å². The van der Waals surface area contributed by atoms with Crippen LogP contribution in [0.15, 0.2) is 107 Å². The number of carbonyl (C=O) groups excluding carboxylic acids is 1. The number of hydrogen-bond donors (Lipinski definition) is 1. The first-order valence-corrected chi connectivity index (χ1v) is 14.3. The molecular formula is C30H25ClF3N3O4S. The lowest BCUT2D eigenvalue weighted by atomic mass is 10.2. The third-order valence-electron chi connectivity index (χ3n) is 5.99. The molecule has 4 rings (SSSR count). The number of ether oxygens (including phenoxy) is 1. The number of hydrazone groups is 1. The summed E-state index contributed by atoms with van der Waals surface area (Å²) in [4.78, 5) is 12.7. The topological polar surface area (TPSA) is 88.1 Å². The lowest BCUT2D eigenvalue weighted by Crippen LogP contribution is -2.39. The Bertz CT molecular complexity index is 1680. The maximum absolute atomic E-state index is 13.6. The SMILES string of the molecule is Cc1ccc(S(=O)(=O)N(CC(=O)N/N=C\c2ccccc2OCc2ccccc2)c2ccc(Cl)c(C(F)(F)F)c2)cc1. The second-order valence-electron chi connectivity index (χ2n) is 9.09. The van der Waals surface area contributed by atoms with Gasteiger partial charge >= 0.3 is 6.18 Å². The average Bonchev–Trinajstić information content (AvgIpc) is 2.96. The van der Waals surface area contributed by atoms with Gasteiger partial charge in [-0.05, 0) is 55.0 Å². The molecule has 0 aliphatic carbocycles. The van der Waals surface area contributed by atoms with Crippen LogP contribution in [0.1, 0.15) is 22.3 Å². The van der Waals surface area contributed by atoms with Crippen LogP contribution in [0.25, 0.3) is 0 Å². The van der Waals surface area contributed by atoms with Gasteiger partial charge in [-0.25, -0.2) is 13.8 Å². The fourth-order valence-corrected chi connectivity index (χ4v) is 5.47. The molecule has 1 N–H and O–H groups in total. The van der Waals surface area contributed by atoms with Crippen molar-refractivity contribution in [3.63, 3.8) is 0 Å². The van der Waals surface area contributed by atoms with Crippen molar-refractivity contribution < 1.29 is 31.1 Å². The predicted octanol–water partition coefficient (Wildman–Crippen LogP) is 6.59. The molecule has 0 saturated carbocycles. The van der Waals surface area contributed by atoms with Crippen LogP contribution in [0.2, 0.25) is 5.02 Å². The smallest absolute Gasteiger partial charge is 0.417 e. The summed E-state index contributed by atoms with van der Waals surface area (Å²) >= 11 is 5.74. The summed E-state index contributed by atoms with van der Waals surface area (Å²) in [6.45, 7) is 1.18. The minimum Gasteiger partial charge on any atom is -0.488 e.